The van der Waals surface area contributed by atoms with Gasteiger partial charge in [-0.1, -0.05) is 117 Å². The van der Waals surface area contributed by atoms with Gasteiger partial charge in [0.25, 0.3) is 0 Å². The van der Waals surface area contributed by atoms with Crippen LogP contribution in [0.1, 0.15) is 142 Å². The molecule has 3 N–H and O–H groups in total. The van der Waals surface area contributed by atoms with Gasteiger partial charge in [0.05, 0.1) is 0 Å². The number of unbranched alkanes of at least 4 members (excludes halogenated alkanes) is 16. The Balaban J connectivity index is 0. The highest BCUT2D eigenvalue weighted by atomic mass is 35.5. The van der Waals surface area contributed by atoms with E-state index in [1.807, 2.05) is 0 Å². The maximum atomic E-state index is 11.6. The van der Waals surface area contributed by atoms with Crippen LogP contribution < -0.4 is 11.1 Å². The molecule has 2 aromatic rings. The van der Waals surface area contributed by atoms with Gasteiger partial charge in [0.1, 0.15) is 0 Å². The van der Waals surface area contributed by atoms with E-state index in [9.17, 15) is 9.59 Å². The van der Waals surface area contributed by atoms with Gasteiger partial charge < -0.3 is 5.73 Å². The van der Waals surface area contributed by atoms with E-state index in [1.165, 1.54) is 108 Å². The first-order chi connectivity index (χ1) is 25.4. The van der Waals surface area contributed by atoms with Gasteiger partial charge in [-0.25, -0.2) is 19.9 Å². The van der Waals surface area contributed by atoms with Crippen LogP contribution in [0.15, 0.2) is 36.9 Å². The predicted octanol–water partition coefficient (Wildman–Crippen LogP) is 9.04. The Kier molecular flexibility index (Phi) is 48.7. The summed E-state index contributed by atoms with van der Waals surface area (Å²) in [5, 5.41) is 2.52. The summed E-state index contributed by atoms with van der Waals surface area (Å²) in [5.41, 5.74) is 5.14. The number of carbonyl (C=O) groups excluding carboxylic acids is 2. The van der Waals surface area contributed by atoms with E-state index >= 15 is 0 Å². The molecule has 0 aromatic carbocycles. The second-order valence-electron chi connectivity index (χ2n) is 10.9. The number of nitrogens with one attached hydrogen (secondary N) is 1. The van der Waals surface area contributed by atoms with Crippen LogP contribution in [0.3, 0.4) is 0 Å². The molecule has 0 saturated heterocycles. The molecule has 0 bridgehead atoms. The van der Waals surface area contributed by atoms with Gasteiger partial charge in [0.2, 0.25) is 23.0 Å². The van der Waals surface area contributed by atoms with Crippen LogP contribution in [0.4, 0.5) is 11.9 Å². The van der Waals surface area contributed by atoms with E-state index in [1.54, 1.807) is 99.1 Å². The summed E-state index contributed by atoms with van der Waals surface area (Å²) in [4.78, 5) is 37.3. The van der Waals surface area contributed by atoms with Crippen LogP contribution in [0.2, 0.25) is 0 Å². The van der Waals surface area contributed by atoms with E-state index < -0.39 is 0 Å². The van der Waals surface area contributed by atoms with Crippen LogP contribution >= 0.6 is 11.6 Å². The lowest BCUT2D eigenvalue weighted by Gasteiger charge is -2.03. The van der Waals surface area contributed by atoms with Crippen molar-refractivity contribution in [2.24, 2.45) is 0 Å². The van der Waals surface area contributed by atoms with Crippen molar-refractivity contribution in [1.82, 2.24) is 19.9 Å². The molecule has 0 spiro atoms. The summed E-state index contributed by atoms with van der Waals surface area (Å²) in [6, 6.07) is 3.45. The average Bonchev–Trinajstić information content (AvgIpc) is 3.14. The summed E-state index contributed by atoms with van der Waals surface area (Å²) < 4.78 is 0. The number of rotatable bonds is 21. The molecule has 0 saturated carbocycles. The molecule has 2 rings (SSSR count). The number of halogens is 1. The third-order valence-corrected chi connectivity index (χ3v) is 24.6. The van der Waals surface area contributed by atoms with Crippen LogP contribution in [-0.4, -0.2) is 31.1 Å². The third-order valence-electron chi connectivity index (χ3n) is 6.61. The molecule has 0 unspecified atom stereocenters. The maximum absolute atomic E-state index is 11.6. The lowest BCUT2D eigenvalue weighted by molar-refractivity contribution is -0.116. The predicted molar refractivity (Wildman–Crippen MR) is 253 cm³/mol. The Labute approximate surface area is 353 Å². The Bertz CT molecular complexity index is 1500. The van der Waals surface area contributed by atoms with Gasteiger partial charge >= 0.3 is 0 Å². The molecule has 0 radical (unpaired) electrons. The molecule has 2 aromatic heterocycles. The number of hydrogen-bond donors (Lipinski definition) is 2. The highest BCUT2D eigenvalue weighted by Gasteiger charge is 2.03. The van der Waals surface area contributed by atoms with Crippen LogP contribution in [-0.2, 0) is 112 Å². The summed E-state index contributed by atoms with van der Waals surface area (Å²) >= 11 is 14.6. The highest BCUT2D eigenvalue weighted by Crippen LogP contribution is 2.12. The van der Waals surface area contributed by atoms with Crippen LogP contribution in [0.25, 0.3) is 0 Å². The molecule has 0 aliphatic heterocycles. The van der Waals surface area contributed by atoms with Crippen molar-refractivity contribution in [2.75, 3.05) is 11.1 Å². The minimum absolute atomic E-state index is 0.0131. The number of nitrogens with zero attached hydrogens (tertiary/aromatic N) is 4. The van der Waals surface area contributed by atoms with Crippen LogP contribution in [0, 0.1) is 0 Å². The van der Waals surface area contributed by atoms with Crippen molar-refractivity contribution in [3.05, 3.63) is 36.9 Å². The van der Waals surface area contributed by atoms with Gasteiger partial charge in [-0.05, 0) is 36.6 Å². The SMILES string of the molecule is CCCCCCCCCCCC(=O)Cl.CCCCCCCCCCCC(=O)Nc1ncccn1.Nc1ncccn1.S=S=S=S=S=S=S=S=S=S=S. The molecule has 0 aliphatic carbocycles. The molecule has 20 heteroatoms. The summed E-state index contributed by atoms with van der Waals surface area (Å²) in [7, 11) is 14.5. The lowest BCUT2D eigenvalue weighted by atomic mass is 10.1. The van der Waals surface area contributed by atoms with E-state index in [2.05, 4.69) is 61.5 Å². The van der Waals surface area contributed by atoms with Gasteiger partial charge in [-0.2, -0.15) is 0 Å². The number of aromatic nitrogens is 4. The summed E-state index contributed by atoms with van der Waals surface area (Å²) in [6.07, 6.45) is 30.4. The normalized spacial score (nSPS) is 9.44. The fraction of sp³-hybridized carbons (Fsp3) is 0.688. The molecule has 2 heterocycles. The fourth-order valence-electron chi connectivity index (χ4n) is 4.11. The van der Waals surface area contributed by atoms with Gasteiger partial charge in [-0.3, -0.25) is 14.9 Å². The van der Waals surface area contributed by atoms with Crippen molar-refractivity contribution in [3.8, 4) is 0 Å². The van der Waals surface area contributed by atoms with Crippen molar-refractivity contribution >= 4 is 137 Å². The minimum Gasteiger partial charge on any atom is -0.368 e. The van der Waals surface area contributed by atoms with Crippen molar-refractivity contribution in [3.63, 3.8) is 0 Å². The second kappa shape index (κ2) is 47.0. The molecular weight excluding hydrogens is 889 g/mol. The first-order valence-electron chi connectivity index (χ1n) is 17.4. The zero-order valence-corrected chi connectivity index (χ0v) is 39.9. The van der Waals surface area contributed by atoms with E-state index in [-0.39, 0.29) is 11.1 Å². The van der Waals surface area contributed by atoms with Crippen LogP contribution in [0.5, 0.6) is 0 Å². The Morgan fingerprint density at radius 2 is 0.923 bits per heavy atom. The Morgan fingerprint density at radius 1 is 0.577 bits per heavy atom. The summed E-state index contributed by atoms with van der Waals surface area (Å²) in [6.45, 7) is 4.48. The number of nitrogens with two attached hydrogens (primary N) is 1. The average molecular weight is 944 g/mol. The first kappa shape index (κ1) is 53.9. The van der Waals surface area contributed by atoms with Crippen molar-refractivity contribution in [1.29, 1.82) is 0 Å². The molecule has 8 nitrogen and oxygen atoms in total. The number of carbonyl (C=O) groups is 2. The second-order valence-corrected chi connectivity index (χ2v) is 27.2. The first-order valence-corrected chi connectivity index (χ1v) is 31.1. The minimum atomic E-state index is -0.187. The maximum Gasteiger partial charge on any atom is 0.229 e. The molecule has 0 fully saturated rings. The largest absolute Gasteiger partial charge is 0.368 e. The molecule has 298 valence electrons. The fourth-order valence-corrected chi connectivity index (χ4v) is 23.5. The standard InChI is InChI=1S/C16H27N3O.C12H23ClO.C4H5N3.S11/c1-2-3-4-5-6-7-8-9-10-12-15(20)19-16-17-13-11-14-18-16;1-2-3-4-5-6-7-8-9-10-11-12(13)14;5-4-6-2-1-3-7-4;1-3-5-7-9-11-10-8-6-4-2/h11,13-14H,2-10,12H2,1H3,(H,17,18,19,20);2-11H2,1H3;1-3H,(H2,5,6,7);. The van der Waals surface area contributed by atoms with Gasteiger partial charge in [0, 0.05) is 140 Å². The highest BCUT2D eigenvalue weighted by molar-refractivity contribution is 8.74. The molecular formula is C32H55ClN6O2S11. The summed E-state index contributed by atoms with van der Waals surface area (Å²) in [5.74, 6) is 0.732. The zero-order valence-electron chi connectivity index (χ0n) is 30.2. The van der Waals surface area contributed by atoms with E-state index in [0.29, 0.717) is 24.7 Å². The molecule has 52 heavy (non-hydrogen) atoms. The smallest absolute Gasteiger partial charge is 0.229 e. The van der Waals surface area contributed by atoms with E-state index in [4.69, 9.17) is 17.3 Å². The monoisotopic (exact) mass is 942 g/mol. The van der Waals surface area contributed by atoms with Crippen molar-refractivity contribution in [2.45, 2.75) is 142 Å². The Hall–Kier alpha value is -0.190. The topological polar surface area (TPSA) is 124 Å². The third kappa shape index (κ3) is 47.8. The van der Waals surface area contributed by atoms with Gasteiger partial charge in [0.15, 0.2) is 0 Å². The number of nitrogen functional groups attached to an aromatic ring is 1. The van der Waals surface area contributed by atoms with Gasteiger partial charge in [-0.15, -0.1) is 0 Å². The molecule has 0 atom stereocenters. The zero-order chi connectivity index (χ0) is 38.6. The number of anilines is 2. The van der Waals surface area contributed by atoms with E-state index in [0.717, 1.165) is 25.7 Å². The molecule has 1 amide bonds. The Morgan fingerprint density at radius 3 is 1.27 bits per heavy atom. The number of amides is 1. The quantitative estimate of drug-likeness (QED) is 0.0933. The number of hydrogen-bond acceptors (Lipinski definition) is 9. The lowest BCUT2D eigenvalue weighted by Crippen LogP contribution is -2.13. The molecule has 0 aliphatic rings. The van der Waals surface area contributed by atoms with Crippen molar-refractivity contribution < 1.29 is 9.59 Å².